The minimum atomic E-state index is -0.769. The topological polar surface area (TPSA) is 237 Å². The second-order valence-corrected chi connectivity index (χ2v) is 22.4. The Morgan fingerprint density at radius 2 is 1.17 bits per heavy atom. The van der Waals surface area contributed by atoms with Gasteiger partial charge in [0.25, 0.3) is 11.8 Å². The molecule has 2 N–H and O–H groups in total. The Balaban J connectivity index is 0.999. The number of benzene rings is 2. The largest absolute Gasteiger partial charge is 0.387 e. The van der Waals surface area contributed by atoms with E-state index >= 15 is 4.39 Å². The lowest BCUT2D eigenvalue weighted by molar-refractivity contribution is -0.140. The van der Waals surface area contributed by atoms with E-state index in [9.17, 15) is 43.1 Å². The van der Waals surface area contributed by atoms with Gasteiger partial charge < -0.3 is 57.8 Å². The van der Waals surface area contributed by atoms with E-state index in [1.54, 1.807) is 24.1 Å². The van der Waals surface area contributed by atoms with Crippen LogP contribution in [-0.2, 0) is 78.0 Å². The number of imide groups is 1. The second kappa shape index (κ2) is 40.5. The standard InChI is InChI=1S/C64H92F2N4O16/c1-47(2)54(43-53(73)20-25-80-27-29-82-31-33-84-35-37-86-39-38-85-36-34-83-32-30-81-28-26-79-24-10-14-52(72)19-23-69-59(75)17-18-60(69)76)58(74)40-48(3)63(78)67-21-11-22-70(61(77)46-71)62(64(4,5)6)57-41-50(55-42-51(65)15-16-56(55)66)45-68(57)44-49-12-8-7-9-13-49/h7-9,12-13,15-18,41-42,45,47-48,54,62,71H,10-11,14,19-40,43-44,46H2,1-6H3,(H,67,78)/t48-,54+,62?/m1/s1. The van der Waals surface area contributed by atoms with Crippen molar-refractivity contribution in [3.8, 4) is 11.1 Å². The van der Waals surface area contributed by atoms with Crippen LogP contribution in [0.1, 0.15) is 104 Å². The number of carbonyl (C=O) groups excluding carboxylic acids is 7. The Morgan fingerprint density at radius 1 is 0.640 bits per heavy atom. The van der Waals surface area contributed by atoms with Crippen LogP contribution in [0.4, 0.5) is 8.78 Å². The van der Waals surface area contributed by atoms with Gasteiger partial charge in [-0.3, -0.25) is 38.5 Å². The van der Waals surface area contributed by atoms with Gasteiger partial charge in [0, 0.05) is 112 Å². The number of aromatic nitrogens is 1. The van der Waals surface area contributed by atoms with Gasteiger partial charge >= 0.3 is 0 Å². The Morgan fingerprint density at radius 3 is 1.70 bits per heavy atom. The minimum absolute atomic E-state index is 0.0248. The number of Topliss-reactive ketones (excluding diaryl/α,β-unsaturated/α-hetero) is 3. The van der Waals surface area contributed by atoms with Crippen molar-refractivity contribution in [3.05, 3.63) is 95.8 Å². The maximum absolute atomic E-state index is 15.2. The highest BCUT2D eigenvalue weighted by Gasteiger charge is 2.37. The maximum Gasteiger partial charge on any atom is 0.253 e. The molecule has 86 heavy (non-hydrogen) atoms. The van der Waals surface area contributed by atoms with Crippen LogP contribution in [0.25, 0.3) is 11.1 Å². The van der Waals surface area contributed by atoms with E-state index in [2.05, 4.69) is 5.32 Å². The lowest BCUT2D eigenvalue weighted by atomic mass is 9.83. The Hall–Kier alpha value is -5.95. The Labute approximate surface area is 505 Å². The van der Waals surface area contributed by atoms with Crippen LogP contribution in [0.5, 0.6) is 0 Å². The third-order valence-corrected chi connectivity index (χ3v) is 14.1. The van der Waals surface area contributed by atoms with E-state index in [-0.39, 0.29) is 105 Å². The normalized spacial score (nSPS) is 13.6. The summed E-state index contributed by atoms with van der Waals surface area (Å²) in [5.74, 6) is -4.56. The minimum Gasteiger partial charge on any atom is -0.387 e. The number of hydrogen-bond donors (Lipinski definition) is 2. The van der Waals surface area contributed by atoms with Gasteiger partial charge in [-0.1, -0.05) is 71.9 Å². The fraction of sp³-hybridized carbons (Fsp3) is 0.609. The highest BCUT2D eigenvalue weighted by Crippen LogP contribution is 2.41. The van der Waals surface area contributed by atoms with Gasteiger partial charge in [-0.2, -0.15) is 0 Å². The lowest BCUT2D eigenvalue weighted by Gasteiger charge is -2.41. The average molecular weight is 1210 g/mol. The van der Waals surface area contributed by atoms with Crippen molar-refractivity contribution >= 4 is 41.0 Å². The number of aliphatic hydroxyl groups excluding tert-OH is 1. The molecule has 0 aliphatic carbocycles. The number of nitrogens with one attached hydrogen (secondary N) is 1. The molecule has 20 nitrogen and oxygen atoms in total. The molecule has 1 aromatic heterocycles. The van der Waals surface area contributed by atoms with Gasteiger partial charge in [0.2, 0.25) is 11.8 Å². The number of nitrogens with zero attached hydrogens (tertiary/aromatic N) is 3. The monoisotopic (exact) mass is 1210 g/mol. The number of carbonyl (C=O) groups is 7. The van der Waals surface area contributed by atoms with Gasteiger partial charge in [-0.05, 0) is 54.0 Å². The van der Waals surface area contributed by atoms with Crippen LogP contribution in [0, 0.1) is 34.8 Å². The first kappa shape index (κ1) is 72.5. The number of hydrogen-bond acceptors (Lipinski definition) is 16. The van der Waals surface area contributed by atoms with E-state index in [0.29, 0.717) is 130 Å². The number of aliphatic hydroxyl groups is 1. The molecular weight excluding hydrogens is 1120 g/mol. The first-order valence-electron chi connectivity index (χ1n) is 29.9. The third-order valence-electron chi connectivity index (χ3n) is 14.1. The molecule has 3 atom stereocenters. The van der Waals surface area contributed by atoms with E-state index in [0.717, 1.165) is 28.7 Å². The predicted molar refractivity (Wildman–Crippen MR) is 317 cm³/mol. The van der Waals surface area contributed by atoms with E-state index in [1.807, 2.05) is 69.5 Å². The molecule has 0 fully saturated rings. The van der Waals surface area contributed by atoms with Gasteiger partial charge in [-0.25, -0.2) is 8.78 Å². The molecule has 4 rings (SSSR count). The molecule has 22 heteroatoms. The molecule has 0 saturated heterocycles. The summed E-state index contributed by atoms with van der Waals surface area (Å²) < 4.78 is 75.7. The summed E-state index contributed by atoms with van der Waals surface area (Å²) in [4.78, 5) is 91.1. The summed E-state index contributed by atoms with van der Waals surface area (Å²) in [7, 11) is 0. The molecule has 3 aromatic rings. The van der Waals surface area contributed by atoms with E-state index in [4.69, 9.17) is 37.9 Å². The van der Waals surface area contributed by atoms with Crippen LogP contribution < -0.4 is 5.32 Å². The molecule has 0 saturated carbocycles. The molecule has 0 radical (unpaired) electrons. The van der Waals surface area contributed by atoms with E-state index in [1.165, 1.54) is 12.2 Å². The third kappa shape index (κ3) is 27.4. The number of ether oxygens (including phenoxy) is 8. The number of halogens is 2. The highest BCUT2D eigenvalue weighted by molar-refractivity contribution is 6.13. The number of amides is 4. The van der Waals surface area contributed by atoms with Gasteiger partial charge in [0.05, 0.1) is 105 Å². The summed E-state index contributed by atoms with van der Waals surface area (Å²) in [6.07, 6.45) is 5.59. The zero-order valence-electron chi connectivity index (χ0n) is 51.2. The molecule has 1 aliphatic heterocycles. The van der Waals surface area contributed by atoms with Crippen molar-refractivity contribution in [3.63, 3.8) is 0 Å². The van der Waals surface area contributed by atoms with Crippen molar-refractivity contribution in [2.45, 2.75) is 99.1 Å². The molecule has 478 valence electrons. The van der Waals surface area contributed by atoms with Crippen LogP contribution in [0.2, 0.25) is 0 Å². The summed E-state index contributed by atoms with van der Waals surface area (Å²) >= 11 is 0. The Kier molecular flexibility index (Phi) is 34.1. The summed E-state index contributed by atoms with van der Waals surface area (Å²) in [5, 5.41) is 13.1. The first-order chi connectivity index (χ1) is 41.3. The summed E-state index contributed by atoms with van der Waals surface area (Å²) in [5.41, 5.74) is 1.49. The highest BCUT2D eigenvalue weighted by atomic mass is 19.1. The summed E-state index contributed by atoms with van der Waals surface area (Å²) in [6, 6.07) is 14.0. The lowest BCUT2D eigenvalue weighted by Crippen LogP contribution is -2.44. The van der Waals surface area contributed by atoms with Crippen molar-refractivity contribution in [2.24, 2.45) is 23.2 Å². The van der Waals surface area contributed by atoms with Crippen molar-refractivity contribution in [1.82, 2.24) is 19.7 Å². The molecule has 2 heterocycles. The quantitative estimate of drug-likeness (QED) is 0.0432. The van der Waals surface area contributed by atoms with Crippen LogP contribution in [0.3, 0.4) is 0 Å². The molecule has 2 aromatic carbocycles. The zero-order valence-corrected chi connectivity index (χ0v) is 51.2. The molecular formula is C64H92F2N4O16. The fourth-order valence-corrected chi connectivity index (χ4v) is 9.56. The van der Waals surface area contributed by atoms with Gasteiger partial charge in [0.1, 0.15) is 35.6 Å². The smallest absolute Gasteiger partial charge is 0.253 e. The van der Waals surface area contributed by atoms with Gasteiger partial charge in [-0.15, -0.1) is 0 Å². The fourth-order valence-electron chi connectivity index (χ4n) is 9.56. The summed E-state index contributed by atoms with van der Waals surface area (Å²) in [6.45, 7) is 17.3. The first-order valence-corrected chi connectivity index (χ1v) is 29.9. The molecule has 1 aliphatic rings. The number of ketones is 3. The van der Waals surface area contributed by atoms with Gasteiger partial charge in [0.15, 0.2) is 0 Å². The number of rotatable bonds is 48. The van der Waals surface area contributed by atoms with Crippen molar-refractivity contribution in [1.29, 1.82) is 0 Å². The average Bonchev–Trinajstić information content (AvgIpc) is 1.83. The predicted octanol–water partition coefficient (Wildman–Crippen LogP) is 6.91. The van der Waals surface area contributed by atoms with Crippen molar-refractivity contribution in [2.75, 3.05) is 132 Å². The molecule has 0 spiro atoms. The molecule has 4 amide bonds. The zero-order chi connectivity index (χ0) is 62.7. The van der Waals surface area contributed by atoms with Crippen molar-refractivity contribution < 1.29 is 85.3 Å². The molecule has 0 bridgehead atoms. The van der Waals surface area contributed by atoms with Crippen LogP contribution in [0.15, 0.2) is 72.9 Å². The second-order valence-electron chi connectivity index (χ2n) is 22.4. The van der Waals surface area contributed by atoms with Crippen LogP contribution in [-0.4, -0.2) is 192 Å². The SMILES string of the molecule is CC(C)[C@H](CC(=O)CCOCCOCCOCCOCCOCCOCCOCCOCCCC(=O)CCN1C(=O)C=CC1=O)C(=O)C[C@@H](C)C(=O)NCCCN(C(=O)CO)C(c1cc(-c2cc(F)ccc2F)cn1Cc1ccccc1)C(C)(C)C. The maximum atomic E-state index is 15.2. The van der Waals surface area contributed by atoms with E-state index < -0.39 is 47.4 Å². The Bertz CT molecular complexity index is 2550. The molecule has 1 unspecified atom stereocenters. The van der Waals surface area contributed by atoms with Crippen LogP contribution >= 0.6 is 0 Å².